The zero-order valence-electron chi connectivity index (χ0n) is 13.2. The molecule has 1 saturated heterocycles. The standard InChI is InChI=1S/C18H20ClN3O/c1-22-10-4-6-16(22)13-23-17-11-14(18(19)21-12-17)7-8-15-5-2-3-9-20-15/h2-3,5,7-9,11-12,16H,4,6,10,13H2,1H3/b8-7+. The molecule has 0 aliphatic carbocycles. The van der Waals surface area contributed by atoms with Crippen molar-refractivity contribution < 1.29 is 4.74 Å². The molecule has 1 aliphatic rings. The first-order valence-corrected chi connectivity index (χ1v) is 8.18. The Morgan fingerprint density at radius 3 is 3.00 bits per heavy atom. The normalized spacial score (nSPS) is 18.6. The second-order valence-electron chi connectivity index (χ2n) is 5.73. The first-order chi connectivity index (χ1) is 11.2. The maximum Gasteiger partial charge on any atom is 0.138 e. The number of pyridine rings is 2. The molecule has 3 rings (SSSR count). The number of hydrogen-bond donors (Lipinski definition) is 0. The molecule has 0 N–H and O–H groups in total. The van der Waals surface area contributed by atoms with E-state index in [1.54, 1.807) is 12.4 Å². The van der Waals surface area contributed by atoms with E-state index in [4.69, 9.17) is 16.3 Å². The van der Waals surface area contributed by atoms with Gasteiger partial charge in [-0.15, -0.1) is 0 Å². The molecule has 0 radical (unpaired) electrons. The Morgan fingerprint density at radius 2 is 2.26 bits per heavy atom. The van der Waals surface area contributed by atoms with E-state index in [1.165, 1.54) is 12.8 Å². The highest BCUT2D eigenvalue weighted by Crippen LogP contribution is 2.23. The van der Waals surface area contributed by atoms with E-state index in [2.05, 4.69) is 21.9 Å². The van der Waals surface area contributed by atoms with Crippen molar-refractivity contribution >= 4 is 23.8 Å². The lowest BCUT2D eigenvalue weighted by Crippen LogP contribution is -2.30. The Balaban J connectivity index is 1.67. The van der Waals surface area contributed by atoms with Crippen LogP contribution in [0.5, 0.6) is 5.75 Å². The molecule has 0 spiro atoms. The average Bonchev–Trinajstić information content (AvgIpc) is 2.99. The van der Waals surface area contributed by atoms with Gasteiger partial charge in [-0.05, 0) is 56.8 Å². The third-order valence-electron chi connectivity index (χ3n) is 4.08. The van der Waals surface area contributed by atoms with E-state index in [0.29, 0.717) is 17.8 Å². The molecule has 0 bridgehead atoms. The SMILES string of the molecule is CN1CCCC1COc1cnc(Cl)c(/C=C/c2ccccn2)c1. The summed E-state index contributed by atoms with van der Waals surface area (Å²) in [5.41, 5.74) is 1.71. The number of likely N-dealkylation sites (tertiary alicyclic amines) is 1. The minimum Gasteiger partial charge on any atom is -0.490 e. The molecular weight excluding hydrogens is 310 g/mol. The molecule has 5 heteroatoms. The van der Waals surface area contributed by atoms with Crippen molar-refractivity contribution in [3.63, 3.8) is 0 Å². The van der Waals surface area contributed by atoms with Crippen molar-refractivity contribution in [1.29, 1.82) is 0 Å². The number of likely N-dealkylation sites (N-methyl/N-ethyl adjacent to an activating group) is 1. The van der Waals surface area contributed by atoms with Crippen LogP contribution in [0.15, 0.2) is 36.7 Å². The average molecular weight is 330 g/mol. The number of aromatic nitrogens is 2. The van der Waals surface area contributed by atoms with Gasteiger partial charge in [-0.3, -0.25) is 4.98 Å². The highest BCUT2D eigenvalue weighted by atomic mass is 35.5. The quantitative estimate of drug-likeness (QED) is 0.783. The predicted molar refractivity (Wildman–Crippen MR) is 93.6 cm³/mol. The van der Waals surface area contributed by atoms with Gasteiger partial charge in [0, 0.05) is 17.8 Å². The zero-order chi connectivity index (χ0) is 16.1. The van der Waals surface area contributed by atoms with Gasteiger partial charge in [-0.25, -0.2) is 4.98 Å². The summed E-state index contributed by atoms with van der Waals surface area (Å²) in [6.07, 6.45) is 9.68. The lowest BCUT2D eigenvalue weighted by Gasteiger charge is -2.19. The van der Waals surface area contributed by atoms with Crippen molar-refractivity contribution in [2.45, 2.75) is 18.9 Å². The van der Waals surface area contributed by atoms with Gasteiger partial charge >= 0.3 is 0 Å². The fourth-order valence-corrected chi connectivity index (χ4v) is 2.84. The Labute approximate surface area is 141 Å². The summed E-state index contributed by atoms with van der Waals surface area (Å²) < 4.78 is 5.90. The van der Waals surface area contributed by atoms with Crippen LogP contribution in [0.3, 0.4) is 0 Å². The highest BCUT2D eigenvalue weighted by molar-refractivity contribution is 6.31. The van der Waals surface area contributed by atoms with E-state index in [9.17, 15) is 0 Å². The highest BCUT2D eigenvalue weighted by Gasteiger charge is 2.21. The van der Waals surface area contributed by atoms with Gasteiger partial charge in [0.25, 0.3) is 0 Å². The largest absolute Gasteiger partial charge is 0.490 e. The monoisotopic (exact) mass is 329 g/mol. The van der Waals surface area contributed by atoms with Crippen LogP contribution in [0.4, 0.5) is 0 Å². The van der Waals surface area contributed by atoms with E-state index < -0.39 is 0 Å². The Morgan fingerprint density at radius 1 is 1.35 bits per heavy atom. The van der Waals surface area contributed by atoms with Crippen molar-refractivity contribution in [1.82, 2.24) is 14.9 Å². The van der Waals surface area contributed by atoms with Crippen molar-refractivity contribution in [3.8, 4) is 5.75 Å². The summed E-state index contributed by atoms with van der Waals surface area (Å²) in [6, 6.07) is 8.18. The van der Waals surface area contributed by atoms with Gasteiger partial charge < -0.3 is 9.64 Å². The molecule has 1 unspecified atom stereocenters. The van der Waals surface area contributed by atoms with E-state index in [1.807, 2.05) is 36.4 Å². The van der Waals surface area contributed by atoms with Crippen LogP contribution in [0.25, 0.3) is 12.2 Å². The minimum absolute atomic E-state index is 0.461. The van der Waals surface area contributed by atoms with Crippen molar-refractivity contribution in [2.75, 3.05) is 20.2 Å². The lowest BCUT2D eigenvalue weighted by molar-refractivity contribution is 0.198. The van der Waals surface area contributed by atoms with Gasteiger partial charge in [0.05, 0.1) is 11.9 Å². The molecule has 2 aromatic heterocycles. The Kier molecular flexibility index (Phi) is 5.26. The van der Waals surface area contributed by atoms with Crippen molar-refractivity contribution in [2.24, 2.45) is 0 Å². The molecule has 2 aromatic rings. The van der Waals surface area contributed by atoms with Crippen LogP contribution in [-0.4, -0.2) is 41.1 Å². The predicted octanol–water partition coefficient (Wildman–Crippen LogP) is 3.77. The van der Waals surface area contributed by atoms with E-state index >= 15 is 0 Å². The maximum absolute atomic E-state index is 6.17. The molecule has 4 nitrogen and oxygen atoms in total. The van der Waals surface area contributed by atoms with Crippen LogP contribution in [0.2, 0.25) is 5.15 Å². The minimum atomic E-state index is 0.461. The van der Waals surface area contributed by atoms with Crippen LogP contribution in [0.1, 0.15) is 24.1 Å². The van der Waals surface area contributed by atoms with Gasteiger partial charge in [0.15, 0.2) is 0 Å². The van der Waals surface area contributed by atoms with Crippen molar-refractivity contribution in [3.05, 3.63) is 53.1 Å². The Hall–Kier alpha value is -1.91. The molecular formula is C18H20ClN3O. The second-order valence-corrected chi connectivity index (χ2v) is 6.08. The molecule has 3 heterocycles. The van der Waals surface area contributed by atoms with Crippen LogP contribution in [-0.2, 0) is 0 Å². The zero-order valence-corrected chi connectivity index (χ0v) is 13.9. The number of hydrogen-bond acceptors (Lipinski definition) is 4. The number of rotatable bonds is 5. The molecule has 1 atom stereocenters. The summed E-state index contributed by atoms with van der Waals surface area (Å²) in [7, 11) is 2.14. The molecule has 0 saturated carbocycles. The fraction of sp³-hybridized carbons (Fsp3) is 0.333. The number of ether oxygens (including phenoxy) is 1. The van der Waals surface area contributed by atoms with Crippen LogP contribution in [0, 0.1) is 0 Å². The first kappa shape index (κ1) is 16.0. The van der Waals surface area contributed by atoms with Crippen LogP contribution >= 0.6 is 11.6 Å². The summed E-state index contributed by atoms with van der Waals surface area (Å²) in [6.45, 7) is 1.83. The van der Waals surface area contributed by atoms with Gasteiger partial charge in [0.2, 0.25) is 0 Å². The lowest BCUT2D eigenvalue weighted by atomic mass is 10.2. The fourth-order valence-electron chi connectivity index (χ4n) is 2.67. The molecule has 0 aromatic carbocycles. The summed E-state index contributed by atoms with van der Waals surface area (Å²) in [5, 5.41) is 0.461. The van der Waals surface area contributed by atoms with Gasteiger partial charge in [-0.2, -0.15) is 0 Å². The number of nitrogens with zero attached hydrogens (tertiary/aromatic N) is 3. The topological polar surface area (TPSA) is 38.2 Å². The molecule has 1 fully saturated rings. The Bertz CT molecular complexity index is 675. The maximum atomic E-state index is 6.17. The summed E-state index contributed by atoms with van der Waals surface area (Å²) >= 11 is 6.17. The van der Waals surface area contributed by atoms with Gasteiger partial charge in [0.1, 0.15) is 17.5 Å². The third kappa shape index (κ3) is 4.30. The molecule has 23 heavy (non-hydrogen) atoms. The second kappa shape index (κ2) is 7.57. The van der Waals surface area contributed by atoms with E-state index in [-0.39, 0.29) is 0 Å². The molecule has 1 aliphatic heterocycles. The van der Waals surface area contributed by atoms with Crippen LogP contribution < -0.4 is 4.74 Å². The first-order valence-electron chi connectivity index (χ1n) is 7.80. The summed E-state index contributed by atoms with van der Waals surface area (Å²) in [5.74, 6) is 0.746. The third-order valence-corrected chi connectivity index (χ3v) is 4.39. The van der Waals surface area contributed by atoms with Gasteiger partial charge in [-0.1, -0.05) is 17.7 Å². The molecule has 0 amide bonds. The molecule has 120 valence electrons. The van der Waals surface area contributed by atoms with E-state index in [0.717, 1.165) is 23.6 Å². The smallest absolute Gasteiger partial charge is 0.138 e. The summed E-state index contributed by atoms with van der Waals surface area (Å²) in [4.78, 5) is 10.8. The number of halogens is 1.